The predicted molar refractivity (Wildman–Crippen MR) is 94.4 cm³/mol. The van der Waals surface area contributed by atoms with Gasteiger partial charge in [0.15, 0.2) is 0 Å². The first kappa shape index (κ1) is 22.4. The van der Waals surface area contributed by atoms with Gasteiger partial charge in [0.25, 0.3) is 0 Å². The number of alkyl halides is 3. The molecule has 0 saturated carbocycles. The third-order valence-electron chi connectivity index (χ3n) is 3.90. The average Bonchev–Trinajstić information content (AvgIpc) is 3.06. The summed E-state index contributed by atoms with van der Waals surface area (Å²) < 4.78 is 48.6. The number of hydrogen-bond acceptors (Lipinski definition) is 7. The van der Waals surface area contributed by atoms with Crippen LogP contribution >= 0.6 is 0 Å². The van der Waals surface area contributed by atoms with Crippen LogP contribution < -0.4 is 16.7 Å². The number of aliphatic hydroxyl groups is 1. The summed E-state index contributed by atoms with van der Waals surface area (Å²) in [4.78, 5) is 26.5. The first-order valence-corrected chi connectivity index (χ1v) is 8.38. The first-order valence-electron chi connectivity index (χ1n) is 8.38. The molecule has 0 aliphatic carbocycles. The molecule has 3 atom stereocenters. The lowest BCUT2D eigenvalue weighted by Crippen LogP contribution is -2.36. The standard InChI is InChI=1S/C17H19F3N4O5/c1-2-6-28-11-7-13(29-12(11)9-25)24-8-10(14(21)23-16(24)27)4-3-5-22-15(26)17(18,19)20/h2,8,11-13,25H,1,5-7,9H2,(H,22,26)(H2,21,23,27)/t11-,12+,13+/m0/s1. The number of hydrogen-bond donors (Lipinski definition) is 3. The lowest BCUT2D eigenvalue weighted by molar-refractivity contribution is -0.173. The van der Waals surface area contributed by atoms with Gasteiger partial charge in [-0.1, -0.05) is 17.9 Å². The molecule has 0 unspecified atom stereocenters. The first-order chi connectivity index (χ1) is 13.7. The molecule has 29 heavy (non-hydrogen) atoms. The predicted octanol–water partition coefficient (Wildman–Crippen LogP) is -0.293. The Kier molecular flexibility index (Phi) is 7.38. The second-order valence-corrected chi connectivity index (χ2v) is 5.92. The molecule has 0 radical (unpaired) electrons. The van der Waals surface area contributed by atoms with Crippen molar-refractivity contribution in [3.8, 4) is 11.8 Å². The highest BCUT2D eigenvalue weighted by Crippen LogP contribution is 2.30. The third-order valence-corrected chi connectivity index (χ3v) is 3.90. The number of aromatic nitrogens is 2. The fraction of sp³-hybridized carbons (Fsp3) is 0.471. The number of nitrogen functional groups attached to an aromatic ring is 1. The number of nitrogens with zero attached hydrogens (tertiary/aromatic N) is 2. The Bertz CT molecular complexity index is 875. The van der Waals surface area contributed by atoms with Crippen LogP contribution in [0.25, 0.3) is 0 Å². The monoisotopic (exact) mass is 416 g/mol. The minimum atomic E-state index is -5.01. The molecule has 1 aliphatic rings. The van der Waals surface area contributed by atoms with Gasteiger partial charge in [0.2, 0.25) is 0 Å². The molecule has 4 N–H and O–H groups in total. The Morgan fingerprint density at radius 2 is 2.31 bits per heavy atom. The van der Waals surface area contributed by atoms with E-state index < -0.39 is 42.8 Å². The maximum absolute atomic E-state index is 12.2. The lowest BCUT2D eigenvalue weighted by Gasteiger charge is -2.15. The van der Waals surface area contributed by atoms with Gasteiger partial charge in [-0.05, 0) is 0 Å². The van der Waals surface area contributed by atoms with Crippen LogP contribution in [-0.2, 0) is 14.3 Å². The van der Waals surface area contributed by atoms with Crippen molar-refractivity contribution < 1.29 is 32.5 Å². The molecule has 0 aromatic carbocycles. The van der Waals surface area contributed by atoms with E-state index in [0.717, 1.165) is 4.57 Å². The third kappa shape index (κ3) is 5.80. The maximum Gasteiger partial charge on any atom is 0.471 e. The molecular weight excluding hydrogens is 397 g/mol. The molecule has 2 rings (SSSR count). The number of rotatable bonds is 6. The summed E-state index contributed by atoms with van der Waals surface area (Å²) in [5.41, 5.74) is 4.96. The number of anilines is 1. The van der Waals surface area contributed by atoms with Gasteiger partial charge in [-0.15, -0.1) is 6.58 Å². The fourth-order valence-electron chi connectivity index (χ4n) is 2.55. The number of aliphatic hydroxyl groups excluding tert-OH is 1. The van der Waals surface area contributed by atoms with Gasteiger partial charge in [-0.2, -0.15) is 18.2 Å². The molecule has 2 heterocycles. The number of amides is 1. The minimum absolute atomic E-state index is 0.0606. The highest BCUT2D eigenvalue weighted by Gasteiger charge is 2.38. The molecule has 158 valence electrons. The van der Waals surface area contributed by atoms with Crippen LogP contribution in [0.15, 0.2) is 23.6 Å². The molecule has 1 aromatic rings. The van der Waals surface area contributed by atoms with E-state index in [-0.39, 0.29) is 31.0 Å². The second-order valence-electron chi connectivity index (χ2n) is 5.92. The van der Waals surface area contributed by atoms with Crippen LogP contribution in [0, 0.1) is 11.8 Å². The molecule has 1 amide bonds. The zero-order valence-electron chi connectivity index (χ0n) is 15.1. The number of carbonyl (C=O) groups is 1. The summed E-state index contributed by atoms with van der Waals surface area (Å²) in [5.74, 6) is 2.41. The average molecular weight is 416 g/mol. The van der Waals surface area contributed by atoms with E-state index in [1.807, 2.05) is 0 Å². The lowest BCUT2D eigenvalue weighted by atomic mass is 10.2. The minimum Gasteiger partial charge on any atom is -0.394 e. The van der Waals surface area contributed by atoms with E-state index in [1.54, 1.807) is 5.32 Å². The molecule has 0 bridgehead atoms. The summed E-state index contributed by atoms with van der Waals surface area (Å²) >= 11 is 0. The molecule has 1 aliphatic heterocycles. The zero-order chi connectivity index (χ0) is 21.6. The van der Waals surface area contributed by atoms with Crippen molar-refractivity contribution >= 4 is 11.7 Å². The Balaban J connectivity index is 2.16. The van der Waals surface area contributed by atoms with Crippen LogP contribution in [-0.4, -0.2) is 58.7 Å². The second kappa shape index (κ2) is 9.55. The van der Waals surface area contributed by atoms with Crippen molar-refractivity contribution in [2.45, 2.75) is 31.0 Å². The number of halogens is 3. The van der Waals surface area contributed by atoms with Crippen LogP contribution in [0.4, 0.5) is 19.0 Å². The van der Waals surface area contributed by atoms with E-state index in [0.29, 0.717) is 0 Å². The maximum atomic E-state index is 12.2. The Morgan fingerprint density at radius 1 is 1.59 bits per heavy atom. The smallest absolute Gasteiger partial charge is 0.394 e. The van der Waals surface area contributed by atoms with Crippen LogP contribution in [0.1, 0.15) is 18.2 Å². The largest absolute Gasteiger partial charge is 0.471 e. The van der Waals surface area contributed by atoms with Crippen molar-refractivity contribution in [1.82, 2.24) is 14.9 Å². The fourth-order valence-corrected chi connectivity index (χ4v) is 2.55. The van der Waals surface area contributed by atoms with Crippen LogP contribution in [0.5, 0.6) is 0 Å². The summed E-state index contributed by atoms with van der Waals surface area (Å²) in [7, 11) is 0. The van der Waals surface area contributed by atoms with Gasteiger partial charge in [-0.3, -0.25) is 9.36 Å². The van der Waals surface area contributed by atoms with Gasteiger partial charge < -0.3 is 25.6 Å². The van der Waals surface area contributed by atoms with Crippen molar-refractivity contribution in [2.24, 2.45) is 0 Å². The van der Waals surface area contributed by atoms with Crippen molar-refractivity contribution in [3.05, 3.63) is 34.9 Å². The van der Waals surface area contributed by atoms with E-state index in [9.17, 15) is 27.9 Å². The quantitative estimate of drug-likeness (QED) is 0.429. The van der Waals surface area contributed by atoms with E-state index in [1.165, 1.54) is 12.3 Å². The molecule has 1 saturated heterocycles. The number of carbonyl (C=O) groups excluding carboxylic acids is 1. The van der Waals surface area contributed by atoms with E-state index in [4.69, 9.17) is 15.2 Å². The van der Waals surface area contributed by atoms with Crippen molar-refractivity contribution in [1.29, 1.82) is 0 Å². The number of nitrogens with two attached hydrogens (primary N) is 1. The Morgan fingerprint density at radius 3 is 2.93 bits per heavy atom. The highest BCUT2D eigenvalue weighted by atomic mass is 19.4. The zero-order valence-corrected chi connectivity index (χ0v) is 15.1. The van der Waals surface area contributed by atoms with Gasteiger partial charge in [0.1, 0.15) is 18.1 Å². The van der Waals surface area contributed by atoms with Crippen LogP contribution in [0.2, 0.25) is 0 Å². The van der Waals surface area contributed by atoms with Crippen LogP contribution in [0.3, 0.4) is 0 Å². The molecule has 1 aromatic heterocycles. The Hall–Kier alpha value is -2.88. The molecule has 0 spiro atoms. The Labute approximate surface area is 163 Å². The summed E-state index contributed by atoms with van der Waals surface area (Å²) in [6.45, 7) is 2.85. The normalized spacial score (nSPS) is 21.3. The van der Waals surface area contributed by atoms with Gasteiger partial charge >= 0.3 is 17.8 Å². The molecular formula is C17H19F3N4O5. The summed E-state index contributed by atoms with van der Waals surface area (Å²) in [6.07, 6.45) is -3.96. The number of nitrogens with one attached hydrogen (secondary N) is 1. The van der Waals surface area contributed by atoms with Gasteiger partial charge in [0, 0.05) is 12.6 Å². The van der Waals surface area contributed by atoms with Crippen molar-refractivity contribution in [2.75, 3.05) is 25.5 Å². The topological polar surface area (TPSA) is 129 Å². The van der Waals surface area contributed by atoms with Gasteiger partial charge in [-0.25, -0.2) is 4.79 Å². The summed E-state index contributed by atoms with van der Waals surface area (Å²) in [6, 6.07) is 0. The van der Waals surface area contributed by atoms with Crippen molar-refractivity contribution in [3.63, 3.8) is 0 Å². The SMILES string of the molecule is C=CCO[C@H]1C[C@H](n2cc(C#CCNC(=O)C(F)(F)F)c(N)nc2=O)O[C@@H]1CO. The molecule has 12 heteroatoms. The molecule has 1 fully saturated rings. The summed E-state index contributed by atoms with van der Waals surface area (Å²) in [5, 5.41) is 11.0. The van der Waals surface area contributed by atoms with Gasteiger partial charge in [0.05, 0.1) is 31.4 Å². The van der Waals surface area contributed by atoms with E-state index in [2.05, 4.69) is 23.4 Å². The number of ether oxygens (including phenoxy) is 2. The highest BCUT2D eigenvalue weighted by molar-refractivity contribution is 5.81. The van der Waals surface area contributed by atoms with E-state index >= 15 is 0 Å². The molecule has 9 nitrogen and oxygen atoms in total.